The molecule has 20 heavy (non-hydrogen) atoms. The summed E-state index contributed by atoms with van der Waals surface area (Å²) >= 11 is 0. The lowest BCUT2D eigenvalue weighted by Crippen LogP contribution is -2.43. The number of hydrogen-bond acceptors (Lipinski definition) is 1. The molecular formula is C18H27NO. The van der Waals surface area contributed by atoms with Crippen LogP contribution in [0.3, 0.4) is 0 Å². The van der Waals surface area contributed by atoms with E-state index in [1.807, 2.05) is 0 Å². The average Bonchev–Trinajstić information content (AvgIpc) is 2.91. The maximum absolute atomic E-state index is 12.5. The number of carbonyl (C=O) groups is 1. The monoisotopic (exact) mass is 273 g/mol. The van der Waals surface area contributed by atoms with Crippen LogP contribution in [-0.4, -0.2) is 22.9 Å². The normalized spacial score (nSPS) is 15.8. The van der Waals surface area contributed by atoms with Crippen molar-refractivity contribution in [1.29, 1.82) is 0 Å². The Hall–Kier alpha value is -1.31. The van der Waals surface area contributed by atoms with Crippen molar-refractivity contribution >= 4 is 5.91 Å². The van der Waals surface area contributed by atoms with E-state index >= 15 is 0 Å². The summed E-state index contributed by atoms with van der Waals surface area (Å²) in [4.78, 5) is 14.7. The lowest BCUT2D eigenvalue weighted by atomic mass is 10.1. The van der Waals surface area contributed by atoms with Gasteiger partial charge in [-0.15, -0.1) is 0 Å². The van der Waals surface area contributed by atoms with E-state index in [1.54, 1.807) is 0 Å². The van der Waals surface area contributed by atoms with Gasteiger partial charge in [-0.3, -0.25) is 4.79 Å². The number of nitrogens with zero attached hydrogens (tertiary/aromatic N) is 1. The van der Waals surface area contributed by atoms with Gasteiger partial charge in [-0.05, 0) is 45.6 Å². The molecule has 0 heterocycles. The molecule has 2 rings (SSSR count). The Balaban J connectivity index is 1.92. The standard InChI is InChI=1S/C18H27NO/c1-14(2)19(17-6-4-5-7-17)18(20)13-12-16-10-8-15(3)9-11-16/h8-11,14,17H,4-7,12-13H2,1-3H3. The highest BCUT2D eigenvalue weighted by Gasteiger charge is 2.28. The SMILES string of the molecule is Cc1ccc(CCC(=O)N(C(C)C)C2CCCC2)cc1. The first-order valence-electron chi connectivity index (χ1n) is 7.94. The van der Waals surface area contributed by atoms with Crippen molar-refractivity contribution in [1.82, 2.24) is 4.90 Å². The van der Waals surface area contributed by atoms with Crippen LogP contribution < -0.4 is 0 Å². The second-order valence-electron chi connectivity index (χ2n) is 6.32. The van der Waals surface area contributed by atoms with Crippen LogP contribution in [0.4, 0.5) is 0 Å². The first kappa shape index (κ1) is 15.1. The van der Waals surface area contributed by atoms with Gasteiger partial charge in [0.1, 0.15) is 0 Å². The zero-order valence-corrected chi connectivity index (χ0v) is 13.1. The fourth-order valence-electron chi connectivity index (χ4n) is 3.23. The van der Waals surface area contributed by atoms with Crippen molar-refractivity contribution < 1.29 is 4.79 Å². The van der Waals surface area contributed by atoms with E-state index < -0.39 is 0 Å². The summed E-state index contributed by atoms with van der Waals surface area (Å²) in [5.41, 5.74) is 2.54. The largest absolute Gasteiger partial charge is 0.337 e. The molecule has 1 aliphatic rings. The molecule has 0 radical (unpaired) electrons. The minimum absolute atomic E-state index is 0.323. The van der Waals surface area contributed by atoms with Crippen LogP contribution in [0.15, 0.2) is 24.3 Å². The van der Waals surface area contributed by atoms with Gasteiger partial charge in [0.2, 0.25) is 5.91 Å². The van der Waals surface area contributed by atoms with Crippen molar-refractivity contribution in [3.63, 3.8) is 0 Å². The Labute approximate surface area is 123 Å². The molecule has 110 valence electrons. The highest BCUT2D eigenvalue weighted by Crippen LogP contribution is 2.26. The van der Waals surface area contributed by atoms with Crippen molar-refractivity contribution in [3.8, 4) is 0 Å². The van der Waals surface area contributed by atoms with Gasteiger partial charge >= 0.3 is 0 Å². The van der Waals surface area contributed by atoms with E-state index in [2.05, 4.69) is 49.9 Å². The summed E-state index contributed by atoms with van der Waals surface area (Å²) in [5.74, 6) is 0.326. The molecule has 0 spiro atoms. The third kappa shape index (κ3) is 3.84. The molecule has 1 aliphatic carbocycles. The van der Waals surface area contributed by atoms with Gasteiger partial charge < -0.3 is 4.90 Å². The molecule has 2 nitrogen and oxygen atoms in total. The van der Waals surface area contributed by atoms with Crippen LogP contribution in [0.25, 0.3) is 0 Å². The van der Waals surface area contributed by atoms with Crippen LogP contribution in [0.5, 0.6) is 0 Å². The summed E-state index contributed by atoms with van der Waals surface area (Å²) in [6.45, 7) is 6.37. The van der Waals surface area contributed by atoms with Crippen molar-refractivity contribution in [2.45, 2.75) is 71.4 Å². The van der Waals surface area contributed by atoms with Crippen LogP contribution in [0, 0.1) is 6.92 Å². The van der Waals surface area contributed by atoms with E-state index in [9.17, 15) is 4.79 Å². The second kappa shape index (κ2) is 6.92. The third-order valence-corrected chi connectivity index (χ3v) is 4.31. The van der Waals surface area contributed by atoms with Gasteiger partial charge in [-0.2, -0.15) is 0 Å². The summed E-state index contributed by atoms with van der Waals surface area (Å²) < 4.78 is 0. The minimum Gasteiger partial charge on any atom is -0.337 e. The van der Waals surface area contributed by atoms with E-state index in [-0.39, 0.29) is 0 Å². The predicted octanol–water partition coefficient (Wildman–Crippen LogP) is 4.11. The van der Waals surface area contributed by atoms with Gasteiger partial charge in [0.05, 0.1) is 0 Å². The lowest BCUT2D eigenvalue weighted by Gasteiger charge is -2.33. The first-order valence-corrected chi connectivity index (χ1v) is 7.94. The van der Waals surface area contributed by atoms with Gasteiger partial charge in [-0.1, -0.05) is 42.7 Å². The fraction of sp³-hybridized carbons (Fsp3) is 0.611. The molecule has 2 heteroatoms. The average molecular weight is 273 g/mol. The zero-order valence-electron chi connectivity index (χ0n) is 13.1. The van der Waals surface area contributed by atoms with Crippen LogP contribution in [-0.2, 0) is 11.2 Å². The molecule has 0 N–H and O–H groups in total. The number of aryl methyl sites for hydroxylation is 2. The highest BCUT2D eigenvalue weighted by molar-refractivity contribution is 5.77. The molecule has 1 fully saturated rings. The van der Waals surface area contributed by atoms with E-state index in [0.29, 0.717) is 24.4 Å². The Morgan fingerprint density at radius 1 is 1.20 bits per heavy atom. The van der Waals surface area contributed by atoms with Gasteiger partial charge in [0.25, 0.3) is 0 Å². The third-order valence-electron chi connectivity index (χ3n) is 4.31. The Morgan fingerprint density at radius 3 is 2.35 bits per heavy atom. The topological polar surface area (TPSA) is 20.3 Å². The van der Waals surface area contributed by atoms with Crippen LogP contribution in [0.2, 0.25) is 0 Å². The maximum atomic E-state index is 12.5. The summed E-state index contributed by atoms with van der Waals surface area (Å²) in [6.07, 6.45) is 6.42. The predicted molar refractivity (Wildman–Crippen MR) is 83.7 cm³/mol. The molecule has 1 saturated carbocycles. The summed E-state index contributed by atoms with van der Waals surface area (Å²) in [6, 6.07) is 9.33. The first-order chi connectivity index (χ1) is 9.58. The summed E-state index contributed by atoms with van der Waals surface area (Å²) in [5, 5.41) is 0. The lowest BCUT2D eigenvalue weighted by molar-refractivity contribution is -0.135. The van der Waals surface area contributed by atoms with Gasteiger partial charge in [-0.25, -0.2) is 0 Å². The Kier molecular flexibility index (Phi) is 5.22. The number of benzene rings is 1. The minimum atomic E-state index is 0.323. The maximum Gasteiger partial charge on any atom is 0.223 e. The smallest absolute Gasteiger partial charge is 0.223 e. The molecule has 0 atom stereocenters. The van der Waals surface area contributed by atoms with Gasteiger partial charge in [0, 0.05) is 18.5 Å². The molecule has 0 aliphatic heterocycles. The van der Waals surface area contributed by atoms with E-state index in [0.717, 1.165) is 6.42 Å². The molecular weight excluding hydrogens is 246 g/mol. The molecule has 1 aromatic carbocycles. The van der Waals surface area contributed by atoms with Gasteiger partial charge in [0.15, 0.2) is 0 Å². The molecule has 0 bridgehead atoms. The number of carbonyl (C=O) groups excluding carboxylic acids is 1. The Morgan fingerprint density at radius 2 is 1.80 bits per heavy atom. The number of hydrogen-bond donors (Lipinski definition) is 0. The summed E-state index contributed by atoms with van der Waals surface area (Å²) in [7, 11) is 0. The molecule has 0 saturated heterocycles. The molecule has 1 aromatic rings. The number of rotatable bonds is 5. The van der Waals surface area contributed by atoms with Crippen molar-refractivity contribution in [2.75, 3.05) is 0 Å². The van der Waals surface area contributed by atoms with E-state index in [1.165, 1.54) is 36.8 Å². The second-order valence-corrected chi connectivity index (χ2v) is 6.32. The molecule has 0 unspecified atom stereocenters. The quantitative estimate of drug-likeness (QED) is 0.790. The zero-order chi connectivity index (χ0) is 14.5. The van der Waals surface area contributed by atoms with Crippen molar-refractivity contribution in [2.24, 2.45) is 0 Å². The number of amides is 1. The molecule has 0 aromatic heterocycles. The van der Waals surface area contributed by atoms with Crippen LogP contribution in [0.1, 0.15) is 57.1 Å². The van der Waals surface area contributed by atoms with E-state index in [4.69, 9.17) is 0 Å². The van der Waals surface area contributed by atoms with Crippen molar-refractivity contribution in [3.05, 3.63) is 35.4 Å². The fourth-order valence-corrected chi connectivity index (χ4v) is 3.23. The highest BCUT2D eigenvalue weighted by atomic mass is 16.2. The van der Waals surface area contributed by atoms with Crippen LogP contribution >= 0.6 is 0 Å². The Bertz CT molecular complexity index is 429. The molecule has 1 amide bonds.